The highest BCUT2D eigenvalue weighted by Crippen LogP contribution is 2.27. The third-order valence-corrected chi connectivity index (χ3v) is 4.62. The van der Waals surface area contributed by atoms with E-state index >= 15 is 0 Å². The molecule has 1 amide bonds. The number of thiophene rings is 1. The minimum atomic E-state index is -0.798. The maximum Gasteiger partial charge on any atom is 0.240 e. The number of carbonyl (C=O) groups is 1. The number of carbonyl (C=O) groups excluding carboxylic acids is 1. The van der Waals surface area contributed by atoms with Crippen LogP contribution in [-0.4, -0.2) is 24.7 Å². The van der Waals surface area contributed by atoms with E-state index in [2.05, 4.69) is 5.32 Å². The van der Waals surface area contributed by atoms with Gasteiger partial charge in [0.15, 0.2) is 0 Å². The molecule has 18 heavy (non-hydrogen) atoms. The van der Waals surface area contributed by atoms with Crippen molar-refractivity contribution in [3.8, 4) is 0 Å². The summed E-state index contributed by atoms with van der Waals surface area (Å²) in [5, 5.41) is 2.95. The Labute approximate surface area is 115 Å². The summed E-state index contributed by atoms with van der Waals surface area (Å²) >= 11 is 7.35. The lowest BCUT2D eigenvalue weighted by molar-refractivity contribution is -0.130. The molecule has 6 heteroatoms. The Hall–Kier alpha value is -0.620. The molecule has 1 saturated heterocycles. The molecule has 1 aliphatic heterocycles. The van der Waals surface area contributed by atoms with Crippen molar-refractivity contribution in [1.29, 1.82) is 0 Å². The second-order valence-electron chi connectivity index (χ2n) is 4.61. The number of nitrogens with one attached hydrogen (secondary N) is 1. The van der Waals surface area contributed by atoms with Crippen LogP contribution in [0.3, 0.4) is 0 Å². The van der Waals surface area contributed by atoms with Crippen molar-refractivity contribution in [2.24, 2.45) is 5.73 Å². The van der Waals surface area contributed by atoms with Gasteiger partial charge >= 0.3 is 0 Å². The molecule has 2 heterocycles. The van der Waals surface area contributed by atoms with Crippen LogP contribution < -0.4 is 11.1 Å². The summed E-state index contributed by atoms with van der Waals surface area (Å²) in [6.07, 6.45) is 1.13. The predicted octanol–water partition coefficient (Wildman–Crippen LogP) is 2.09. The van der Waals surface area contributed by atoms with Gasteiger partial charge in [-0.1, -0.05) is 11.6 Å². The van der Waals surface area contributed by atoms with Crippen LogP contribution in [0.25, 0.3) is 0 Å². The van der Waals surface area contributed by atoms with E-state index in [1.54, 1.807) is 0 Å². The number of nitrogens with two attached hydrogens (primary N) is 1. The zero-order valence-corrected chi connectivity index (χ0v) is 11.8. The van der Waals surface area contributed by atoms with E-state index in [9.17, 15) is 4.79 Å². The molecule has 0 bridgehead atoms. The van der Waals surface area contributed by atoms with Gasteiger partial charge in [-0.05, 0) is 31.9 Å². The van der Waals surface area contributed by atoms with Gasteiger partial charge in [0.1, 0.15) is 0 Å². The van der Waals surface area contributed by atoms with Gasteiger partial charge in [-0.2, -0.15) is 0 Å². The maximum absolute atomic E-state index is 12.2. The summed E-state index contributed by atoms with van der Waals surface area (Å²) in [6, 6.07) is 3.68. The summed E-state index contributed by atoms with van der Waals surface area (Å²) in [5.74, 6) is -0.108. The fourth-order valence-corrected chi connectivity index (χ4v) is 3.00. The van der Waals surface area contributed by atoms with Crippen LogP contribution in [-0.2, 0) is 9.53 Å². The van der Waals surface area contributed by atoms with Crippen molar-refractivity contribution in [2.75, 3.05) is 13.2 Å². The second kappa shape index (κ2) is 5.57. The van der Waals surface area contributed by atoms with E-state index < -0.39 is 5.54 Å². The molecule has 0 aliphatic carbocycles. The molecular formula is C12H17ClN2O2S. The Morgan fingerprint density at radius 3 is 2.78 bits per heavy atom. The third-order valence-electron chi connectivity index (χ3n) is 3.21. The molecule has 1 atom stereocenters. The van der Waals surface area contributed by atoms with Crippen LogP contribution in [0.15, 0.2) is 12.1 Å². The van der Waals surface area contributed by atoms with Gasteiger partial charge in [-0.15, -0.1) is 11.3 Å². The van der Waals surface area contributed by atoms with Gasteiger partial charge in [-0.3, -0.25) is 4.79 Å². The lowest BCUT2D eigenvalue weighted by Gasteiger charge is -2.32. The predicted molar refractivity (Wildman–Crippen MR) is 72.9 cm³/mol. The second-order valence-corrected chi connectivity index (χ2v) is 6.35. The van der Waals surface area contributed by atoms with Crippen LogP contribution in [0.4, 0.5) is 0 Å². The van der Waals surface area contributed by atoms with Crippen LogP contribution in [0.5, 0.6) is 0 Å². The number of amides is 1. The molecule has 1 aliphatic rings. The van der Waals surface area contributed by atoms with Gasteiger partial charge in [0, 0.05) is 18.1 Å². The number of halogens is 1. The zero-order valence-electron chi connectivity index (χ0n) is 10.2. The summed E-state index contributed by atoms with van der Waals surface area (Å²) in [7, 11) is 0. The smallest absolute Gasteiger partial charge is 0.240 e. The molecule has 3 N–H and O–H groups in total. The quantitative estimate of drug-likeness (QED) is 0.895. The molecule has 2 rings (SSSR count). The summed E-state index contributed by atoms with van der Waals surface area (Å²) in [5.41, 5.74) is 5.32. The lowest BCUT2D eigenvalue weighted by Crippen LogP contribution is -2.57. The van der Waals surface area contributed by atoms with Crippen LogP contribution in [0.2, 0.25) is 4.34 Å². The SMILES string of the molecule is CC(NC(=O)C1(N)CCOCC1)c1ccc(Cl)s1. The highest BCUT2D eigenvalue weighted by molar-refractivity contribution is 7.16. The lowest BCUT2D eigenvalue weighted by atomic mass is 9.90. The first-order valence-corrected chi connectivity index (χ1v) is 7.13. The number of hydrogen-bond donors (Lipinski definition) is 2. The molecule has 0 radical (unpaired) electrons. The Morgan fingerprint density at radius 1 is 1.56 bits per heavy atom. The van der Waals surface area contributed by atoms with Crippen LogP contribution in [0.1, 0.15) is 30.7 Å². The molecular weight excluding hydrogens is 272 g/mol. The van der Waals surface area contributed by atoms with Gasteiger partial charge in [0.25, 0.3) is 0 Å². The van der Waals surface area contributed by atoms with Crippen molar-refractivity contribution in [2.45, 2.75) is 31.3 Å². The van der Waals surface area contributed by atoms with E-state index in [1.165, 1.54) is 11.3 Å². The molecule has 100 valence electrons. The Bertz CT molecular complexity index is 429. The standard InChI is InChI=1S/C12H17ClN2O2S/c1-8(9-2-3-10(13)18-9)15-11(16)12(14)4-6-17-7-5-12/h2-3,8H,4-7,14H2,1H3,(H,15,16). The minimum Gasteiger partial charge on any atom is -0.381 e. The first-order valence-electron chi connectivity index (χ1n) is 5.94. The van der Waals surface area contributed by atoms with Crippen molar-refractivity contribution in [1.82, 2.24) is 5.32 Å². The average molecular weight is 289 g/mol. The van der Waals surface area contributed by atoms with Gasteiger partial charge in [0.05, 0.1) is 15.9 Å². The molecule has 1 fully saturated rings. The van der Waals surface area contributed by atoms with Gasteiger partial charge < -0.3 is 15.8 Å². The van der Waals surface area contributed by atoms with E-state index in [0.717, 1.165) is 9.21 Å². The van der Waals surface area contributed by atoms with Crippen molar-refractivity contribution in [3.05, 3.63) is 21.3 Å². The minimum absolute atomic E-state index is 0.0710. The van der Waals surface area contributed by atoms with Crippen molar-refractivity contribution in [3.63, 3.8) is 0 Å². The monoisotopic (exact) mass is 288 g/mol. The Morgan fingerprint density at radius 2 is 2.22 bits per heavy atom. The highest BCUT2D eigenvalue weighted by atomic mass is 35.5. The summed E-state index contributed by atoms with van der Waals surface area (Å²) < 4.78 is 5.95. The van der Waals surface area contributed by atoms with Crippen LogP contribution >= 0.6 is 22.9 Å². The maximum atomic E-state index is 12.2. The van der Waals surface area contributed by atoms with Crippen LogP contribution in [0, 0.1) is 0 Å². The average Bonchev–Trinajstić information content (AvgIpc) is 2.77. The van der Waals surface area contributed by atoms with E-state index in [4.69, 9.17) is 22.1 Å². The fraction of sp³-hybridized carbons (Fsp3) is 0.583. The topological polar surface area (TPSA) is 64.4 Å². The third kappa shape index (κ3) is 3.03. The molecule has 1 aromatic rings. The summed E-state index contributed by atoms with van der Waals surface area (Å²) in [6.45, 7) is 3.02. The van der Waals surface area contributed by atoms with Gasteiger partial charge in [-0.25, -0.2) is 0 Å². The Balaban J connectivity index is 1.98. The molecule has 0 aromatic carbocycles. The number of hydrogen-bond acceptors (Lipinski definition) is 4. The highest BCUT2D eigenvalue weighted by Gasteiger charge is 2.36. The van der Waals surface area contributed by atoms with E-state index in [-0.39, 0.29) is 11.9 Å². The summed E-state index contributed by atoms with van der Waals surface area (Å²) in [4.78, 5) is 13.2. The first kappa shape index (κ1) is 13.8. The Kier molecular flexibility index (Phi) is 4.27. The van der Waals surface area contributed by atoms with Crippen molar-refractivity contribution < 1.29 is 9.53 Å². The molecule has 0 saturated carbocycles. The molecule has 1 aromatic heterocycles. The largest absolute Gasteiger partial charge is 0.381 e. The van der Waals surface area contributed by atoms with E-state index in [1.807, 2.05) is 19.1 Å². The molecule has 0 spiro atoms. The molecule has 4 nitrogen and oxygen atoms in total. The number of ether oxygens (including phenoxy) is 1. The van der Waals surface area contributed by atoms with Crippen molar-refractivity contribution >= 4 is 28.8 Å². The normalized spacial score (nSPS) is 20.4. The zero-order chi connectivity index (χ0) is 13.2. The molecule has 1 unspecified atom stereocenters. The van der Waals surface area contributed by atoms with Gasteiger partial charge in [0.2, 0.25) is 5.91 Å². The fourth-order valence-electron chi connectivity index (χ4n) is 1.94. The van der Waals surface area contributed by atoms with E-state index in [0.29, 0.717) is 26.1 Å². The number of rotatable bonds is 3. The first-order chi connectivity index (χ1) is 8.51.